The molecule has 0 aliphatic heterocycles. The van der Waals surface area contributed by atoms with Gasteiger partial charge in [-0.1, -0.05) is 37.3 Å². The summed E-state index contributed by atoms with van der Waals surface area (Å²) in [6.45, 7) is 1.73. The minimum absolute atomic E-state index is 0. The van der Waals surface area contributed by atoms with Crippen molar-refractivity contribution in [1.82, 2.24) is 0 Å². The molecular weight excluding hydrogens is 211 g/mol. The van der Waals surface area contributed by atoms with Crippen LogP contribution in [0.25, 0.3) is 0 Å². The van der Waals surface area contributed by atoms with Gasteiger partial charge in [0.1, 0.15) is 0 Å². The maximum absolute atomic E-state index is 10.5. The predicted molar refractivity (Wildman–Crippen MR) is 49.4 cm³/mol. The quantitative estimate of drug-likeness (QED) is 0.454. The van der Waals surface area contributed by atoms with E-state index in [-0.39, 0.29) is 41.2 Å². The zero-order valence-corrected chi connectivity index (χ0v) is 11.1. The second-order valence-corrected chi connectivity index (χ2v) is 4.48. The molecule has 5 heteroatoms. The molecule has 0 aliphatic rings. The molecular formula is C9H11NaO3S. The summed E-state index contributed by atoms with van der Waals surface area (Å²) in [5, 5.41) is 0. The van der Waals surface area contributed by atoms with E-state index in [0.717, 1.165) is 5.56 Å². The summed E-state index contributed by atoms with van der Waals surface area (Å²) in [4.78, 5) is 0. The van der Waals surface area contributed by atoms with Crippen molar-refractivity contribution < 1.29 is 42.5 Å². The Morgan fingerprint density at radius 2 is 1.79 bits per heavy atom. The average Bonchev–Trinajstić information content (AvgIpc) is 2.03. The summed E-state index contributed by atoms with van der Waals surface area (Å²) in [6.07, 6.45) is 0. The van der Waals surface area contributed by atoms with Gasteiger partial charge in [0.2, 0.25) is 0 Å². The normalized spacial score (nSPS) is 13.0. The van der Waals surface area contributed by atoms with Crippen LogP contribution in [0.1, 0.15) is 18.4 Å². The van der Waals surface area contributed by atoms with Crippen LogP contribution in [0.3, 0.4) is 0 Å². The topological polar surface area (TPSA) is 57.2 Å². The van der Waals surface area contributed by atoms with Gasteiger partial charge in [-0.2, -0.15) is 0 Å². The Morgan fingerprint density at radius 1 is 1.29 bits per heavy atom. The van der Waals surface area contributed by atoms with Crippen LogP contribution in [0, 0.1) is 0 Å². The van der Waals surface area contributed by atoms with Gasteiger partial charge in [0.25, 0.3) is 0 Å². The molecule has 1 aromatic rings. The third-order valence-electron chi connectivity index (χ3n) is 1.82. The molecule has 0 spiro atoms. The van der Waals surface area contributed by atoms with E-state index in [4.69, 9.17) is 0 Å². The van der Waals surface area contributed by atoms with Gasteiger partial charge in [0.05, 0.1) is 10.1 Å². The van der Waals surface area contributed by atoms with E-state index in [2.05, 4.69) is 0 Å². The van der Waals surface area contributed by atoms with Gasteiger partial charge in [0, 0.05) is 5.75 Å². The molecule has 0 aromatic heterocycles. The second-order valence-electron chi connectivity index (χ2n) is 3.04. The zero-order valence-electron chi connectivity index (χ0n) is 8.30. The van der Waals surface area contributed by atoms with Crippen molar-refractivity contribution in [2.75, 3.05) is 5.75 Å². The van der Waals surface area contributed by atoms with E-state index in [1.165, 1.54) is 0 Å². The van der Waals surface area contributed by atoms with E-state index in [1.54, 1.807) is 6.92 Å². The first-order chi connectivity index (χ1) is 5.99. The molecule has 0 heterocycles. The van der Waals surface area contributed by atoms with E-state index in [1.807, 2.05) is 30.3 Å². The van der Waals surface area contributed by atoms with Gasteiger partial charge in [0.15, 0.2) is 0 Å². The van der Waals surface area contributed by atoms with Crippen LogP contribution in [0.4, 0.5) is 0 Å². The fraction of sp³-hybridized carbons (Fsp3) is 0.333. The fourth-order valence-electron chi connectivity index (χ4n) is 1.18. The second kappa shape index (κ2) is 5.88. The molecule has 0 amide bonds. The van der Waals surface area contributed by atoms with Crippen LogP contribution in [0.15, 0.2) is 30.3 Å². The minimum atomic E-state index is -4.12. The van der Waals surface area contributed by atoms with E-state index < -0.39 is 10.1 Å². The van der Waals surface area contributed by atoms with Crippen LogP contribution in [0.2, 0.25) is 0 Å². The summed E-state index contributed by atoms with van der Waals surface area (Å²) in [7, 11) is -4.12. The summed E-state index contributed by atoms with van der Waals surface area (Å²) in [5.41, 5.74) is 0.877. The van der Waals surface area contributed by atoms with Gasteiger partial charge in [-0.15, -0.1) is 0 Å². The predicted octanol–water partition coefficient (Wildman–Crippen LogP) is -1.66. The van der Waals surface area contributed by atoms with Crippen molar-refractivity contribution >= 4 is 10.1 Å². The Balaban J connectivity index is 0.00000169. The van der Waals surface area contributed by atoms with Gasteiger partial charge < -0.3 is 4.55 Å². The molecule has 0 bridgehead atoms. The average molecular weight is 222 g/mol. The Kier molecular flexibility index (Phi) is 5.93. The molecule has 0 N–H and O–H groups in total. The Morgan fingerprint density at radius 3 is 2.21 bits per heavy atom. The van der Waals surface area contributed by atoms with Crippen molar-refractivity contribution in [3.05, 3.63) is 35.9 Å². The first-order valence-corrected chi connectivity index (χ1v) is 5.55. The summed E-state index contributed by atoms with van der Waals surface area (Å²) >= 11 is 0. The van der Waals surface area contributed by atoms with Crippen LogP contribution in [0.5, 0.6) is 0 Å². The van der Waals surface area contributed by atoms with Crippen molar-refractivity contribution in [3.8, 4) is 0 Å². The van der Waals surface area contributed by atoms with Crippen LogP contribution in [-0.2, 0) is 10.1 Å². The molecule has 0 saturated carbocycles. The first kappa shape index (κ1) is 14.1. The van der Waals surface area contributed by atoms with Gasteiger partial charge >= 0.3 is 29.6 Å². The monoisotopic (exact) mass is 222 g/mol. The smallest absolute Gasteiger partial charge is 0.748 e. The van der Waals surface area contributed by atoms with Crippen molar-refractivity contribution in [2.45, 2.75) is 12.8 Å². The molecule has 0 saturated heterocycles. The van der Waals surface area contributed by atoms with Crippen LogP contribution >= 0.6 is 0 Å². The van der Waals surface area contributed by atoms with Crippen molar-refractivity contribution in [3.63, 3.8) is 0 Å². The molecule has 3 nitrogen and oxygen atoms in total. The zero-order chi connectivity index (χ0) is 9.90. The first-order valence-electron chi connectivity index (χ1n) is 3.97. The fourth-order valence-corrected chi connectivity index (χ4v) is 1.99. The van der Waals surface area contributed by atoms with Crippen molar-refractivity contribution in [1.29, 1.82) is 0 Å². The molecule has 0 radical (unpaired) electrons. The summed E-state index contributed by atoms with van der Waals surface area (Å²) in [6, 6.07) is 9.13. The maximum Gasteiger partial charge on any atom is 1.00 e. The third-order valence-corrected chi connectivity index (χ3v) is 2.73. The number of rotatable bonds is 3. The Hall–Kier alpha value is 0.130. The van der Waals surface area contributed by atoms with Crippen LogP contribution in [-0.4, -0.2) is 18.7 Å². The molecule has 0 fully saturated rings. The van der Waals surface area contributed by atoms with Gasteiger partial charge in [-0.3, -0.25) is 0 Å². The molecule has 72 valence electrons. The molecule has 1 rings (SSSR count). The van der Waals surface area contributed by atoms with E-state index >= 15 is 0 Å². The molecule has 1 aromatic carbocycles. The standard InChI is InChI=1S/C9H12O3S.Na/c1-8(7-13(10,11)12)9-5-3-2-4-6-9;/h2-6,8H,7H2,1H3,(H,10,11,12);/q;+1/p-1/t8-;/m0./s1. The Bertz CT molecular complexity index is 361. The van der Waals surface area contributed by atoms with Gasteiger partial charge in [-0.25, -0.2) is 8.42 Å². The molecule has 0 aliphatic carbocycles. The number of benzene rings is 1. The number of hydrogen-bond donors (Lipinski definition) is 0. The summed E-state index contributed by atoms with van der Waals surface area (Å²) in [5.74, 6) is -0.569. The van der Waals surface area contributed by atoms with E-state index in [9.17, 15) is 13.0 Å². The van der Waals surface area contributed by atoms with Crippen LogP contribution < -0.4 is 29.6 Å². The largest absolute Gasteiger partial charge is 1.00 e. The maximum atomic E-state index is 10.5. The minimum Gasteiger partial charge on any atom is -0.748 e. The molecule has 0 unspecified atom stereocenters. The third kappa shape index (κ3) is 5.12. The molecule has 1 atom stereocenters. The Labute approximate surface area is 107 Å². The van der Waals surface area contributed by atoms with E-state index in [0.29, 0.717) is 0 Å². The van der Waals surface area contributed by atoms with Gasteiger partial charge in [-0.05, 0) is 11.5 Å². The molecule has 14 heavy (non-hydrogen) atoms. The van der Waals surface area contributed by atoms with Crippen molar-refractivity contribution in [2.24, 2.45) is 0 Å². The number of hydrogen-bond acceptors (Lipinski definition) is 3. The SMILES string of the molecule is C[C@@H](CS(=O)(=O)[O-])c1ccccc1.[Na+]. The summed E-state index contributed by atoms with van der Waals surface area (Å²) < 4.78 is 31.4.